The maximum Gasteiger partial charge on any atom is 0.317 e. The first-order chi connectivity index (χ1) is 18.4. The lowest BCUT2D eigenvalue weighted by atomic mass is 10.1. The molecular formula is C28H31Cl2N5O3. The van der Waals surface area contributed by atoms with Gasteiger partial charge in [0.15, 0.2) is 5.78 Å². The quantitative estimate of drug-likeness (QED) is 0.457. The van der Waals surface area contributed by atoms with Crippen LogP contribution in [0.4, 0.5) is 10.5 Å². The highest BCUT2D eigenvalue weighted by Gasteiger charge is 2.25. The topological polar surface area (TPSA) is 87.5 Å². The van der Waals surface area contributed by atoms with Crippen LogP contribution in [0.25, 0.3) is 10.9 Å². The molecule has 38 heavy (non-hydrogen) atoms. The van der Waals surface area contributed by atoms with E-state index in [-0.39, 0.29) is 30.3 Å². The second kappa shape index (κ2) is 11.7. The Morgan fingerprint density at radius 2 is 1.74 bits per heavy atom. The molecule has 200 valence electrons. The third-order valence-corrected chi connectivity index (χ3v) is 8.18. The lowest BCUT2D eigenvalue weighted by Gasteiger charge is -2.36. The molecule has 2 amide bonds. The molecule has 8 nitrogen and oxygen atoms in total. The van der Waals surface area contributed by atoms with Gasteiger partial charge in [-0.15, -0.1) is 0 Å². The van der Waals surface area contributed by atoms with Crippen molar-refractivity contribution in [3.8, 4) is 0 Å². The van der Waals surface area contributed by atoms with Crippen molar-refractivity contribution in [3.63, 3.8) is 0 Å². The van der Waals surface area contributed by atoms with Gasteiger partial charge in [-0.1, -0.05) is 42.1 Å². The monoisotopic (exact) mass is 555 g/mol. The van der Waals surface area contributed by atoms with Gasteiger partial charge in [0.1, 0.15) is 0 Å². The van der Waals surface area contributed by atoms with Crippen LogP contribution in [0.2, 0.25) is 10.0 Å². The zero-order valence-corrected chi connectivity index (χ0v) is 22.7. The smallest absolute Gasteiger partial charge is 0.317 e. The van der Waals surface area contributed by atoms with Crippen LogP contribution in [-0.2, 0) is 17.8 Å². The Balaban J connectivity index is 1.21. The van der Waals surface area contributed by atoms with E-state index in [0.29, 0.717) is 59.6 Å². The van der Waals surface area contributed by atoms with Crippen molar-refractivity contribution in [1.29, 1.82) is 0 Å². The van der Waals surface area contributed by atoms with Crippen LogP contribution in [0.15, 0.2) is 47.5 Å². The van der Waals surface area contributed by atoms with Gasteiger partial charge in [0, 0.05) is 44.3 Å². The number of hydrogen-bond donors (Lipinski definition) is 1. The number of nitrogens with zero attached hydrogens (tertiary/aromatic N) is 4. The standard InChI is InChI=1S/C28H31Cl2N5O3/c29-24-9-6-19(15-25(24)30)5-8-22(36)17-35-18-31-26-10-7-21(16-23(26)27(35)37)33-11-13-34(14-12-33)28(38)32-20-3-1-2-4-20/h6-7,9-10,15-16,18,20H,1-5,8,11-14,17H2,(H,32,38). The molecule has 0 bridgehead atoms. The minimum Gasteiger partial charge on any atom is -0.368 e. The van der Waals surface area contributed by atoms with Gasteiger partial charge in [0.2, 0.25) is 0 Å². The van der Waals surface area contributed by atoms with Crippen molar-refractivity contribution < 1.29 is 9.59 Å². The fourth-order valence-electron chi connectivity index (χ4n) is 5.21. The molecule has 1 aromatic heterocycles. The fourth-order valence-corrected chi connectivity index (χ4v) is 5.53. The number of nitrogens with one attached hydrogen (secondary N) is 1. The van der Waals surface area contributed by atoms with Crippen LogP contribution < -0.4 is 15.8 Å². The van der Waals surface area contributed by atoms with Gasteiger partial charge in [-0.2, -0.15) is 0 Å². The minimum atomic E-state index is -0.241. The number of piperazine rings is 1. The van der Waals surface area contributed by atoms with Crippen molar-refractivity contribution in [2.75, 3.05) is 31.1 Å². The summed E-state index contributed by atoms with van der Waals surface area (Å²) in [4.78, 5) is 46.9. The lowest BCUT2D eigenvalue weighted by molar-refractivity contribution is -0.119. The first-order valence-corrected chi connectivity index (χ1v) is 13.9. The third-order valence-electron chi connectivity index (χ3n) is 7.45. The van der Waals surface area contributed by atoms with E-state index in [1.54, 1.807) is 12.1 Å². The molecule has 3 aromatic rings. The molecule has 1 aliphatic carbocycles. The molecular weight excluding hydrogens is 525 g/mol. The number of Topliss-reactive ketones (excluding diaryl/α,β-unsaturated/α-hetero) is 1. The van der Waals surface area contributed by atoms with Crippen molar-refractivity contribution in [3.05, 3.63) is 68.7 Å². The molecule has 1 aliphatic heterocycles. The molecule has 0 unspecified atom stereocenters. The van der Waals surface area contributed by atoms with Gasteiger partial charge < -0.3 is 15.1 Å². The Labute approximate surface area is 231 Å². The highest BCUT2D eigenvalue weighted by atomic mass is 35.5. The third kappa shape index (κ3) is 6.13. The van der Waals surface area contributed by atoms with Gasteiger partial charge in [-0.05, 0) is 55.2 Å². The number of rotatable bonds is 7. The predicted molar refractivity (Wildman–Crippen MR) is 150 cm³/mol. The predicted octanol–water partition coefficient (Wildman–Crippen LogP) is 4.68. The van der Waals surface area contributed by atoms with Crippen LogP contribution in [0.5, 0.6) is 0 Å². The van der Waals surface area contributed by atoms with Crippen LogP contribution in [0.3, 0.4) is 0 Å². The van der Waals surface area contributed by atoms with Gasteiger partial charge >= 0.3 is 6.03 Å². The zero-order valence-electron chi connectivity index (χ0n) is 21.2. The normalized spacial score (nSPS) is 16.3. The Kier molecular flexibility index (Phi) is 8.19. The van der Waals surface area contributed by atoms with E-state index in [2.05, 4.69) is 15.2 Å². The molecule has 2 fully saturated rings. The highest BCUT2D eigenvalue weighted by Crippen LogP contribution is 2.24. The lowest BCUT2D eigenvalue weighted by Crippen LogP contribution is -2.53. The van der Waals surface area contributed by atoms with Crippen LogP contribution in [0, 0.1) is 0 Å². The molecule has 1 N–H and O–H groups in total. The van der Waals surface area contributed by atoms with E-state index in [4.69, 9.17) is 23.2 Å². The molecule has 0 spiro atoms. The number of carbonyl (C=O) groups excluding carboxylic acids is 2. The van der Waals surface area contributed by atoms with E-state index in [0.717, 1.165) is 24.1 Å². The van der Waals surface area contributed by atoms with Gasteiger partial charge in [-0.25, -0.2) is 9.78 Å². The molecule has 1 saturated heterocycles. The highest BCUT2D eigenvalue weighted by molar-refractivity contribution is 6.42. The average Bonchev–Trinajstić information content (AvgIpc) is 3.44. The van der Waals surface area contributed by atoms with Crippen LogP contribution in [-0.4, -0.2) is 58.5 Å². The Morgan fingerprint density at radius 1 is 0.974 bits per heavy atom. The summed E-state index contributed by atoms with van der Waals surface area (Å²) >= 11 is 12.0. The largest absolute Gasteiger partial charge is 0.368 e. The molecule has 2 aromatic carbocycles. The maximum atomic E-state index is 13.2. The fraction of sp³-hybridized carbons (Fsp3) is 0.429. The van der Waals surface area contributed by atoms with Crippen molar-refractivity contribution in [1.82, 2.24) is 19.8 Å². The molecule has 2 aliphatic rings. The Hall–Kier alpha value is -3.10. The first-order valence-electron chi connectivity index (χ1n) is 13.1. The Morgan fingerprint density at radius 3 is 2.47 bits per heavy atom. The number of aromatic nitrogens is 2. The number of ketones is 1. The van der Waals surface area contributed by atoms with E-state index in [9.17, 15) is 14.4 Å². The number of hydrogen-bond acceptors (Lipinski definition) is 5. The van der Waals surface area contributed by atoms with E-state index < -0.39 is 0 Å². The number of anilines is 1. The summed E-state index contributed by atoms with van der Waals surface area (Å²) in [5.74, 6) is -0.0671. The van der Waals surface area contributed by atoms with Crippen LogP contribution in [0.1, 0.15) is 37.7 Å². The SMILES string of the molecule is O=C(CCc1ccc(Cl)c(Cl)c1)Cn1cnc2ccc(N3CCN(C(=O)NC4CCCC4)CC3)cc2c1=O. The average molecular weight is 556 g/mol. The van der Waals surface area contributed by atoms with Gasteiger partial charge in [-0.3, -0.25) is 14.2 Å². The summed E-state index contributed by atoms with van der Waals surface area (Å²) in [6.07, 6.45) is 6.73. The van der Waals surface area contributed by atoms with Gasteiger partial charge in [0.05, 0.1) is 33.8 Å². The molecule has 10 heteroatoms. The maximum absolute atomic E-state index is 13.2. The summed E-state index contributed by atoms with van der Waals surface area (Å²) in [5, 5.41) is 4.56. The summed E-state index contributed by atoms with van der Waals surface area (Å²) in [6, 6.07) is 11.3. The van der Waals surface area contributed by atoms with E-state index in [1.165, 1.54) is 23.7 Å². The summed E-state index contributed by atoms with van der Waals surface area (Å²) in [6.45, 7) is 2.58. The minimum absolute atomic E-state index is 0.0194. The van der Waals surface area contributed by atoms with Crippen LogP contribution >= 0.6 is 23.2 Å². The molecule has 1 saturated carbocycles. The number of carbonyl (C=O) groups is 2. The number of benzene rings is 2. The second-order valence-electron chi connectivity index (χ2n) is 10.1. The molecule has 5 rings (SSSR count). The number of amides is 2. The number of aryl methyl sites for hydroxylation is 1. The second-order valence-corrected chi connectivity index (χ2v) is 10.9. The van der Waals surface area contributed by atoms with Crippen molar-refractivity contribution >= 4 is 51.6 Å². The van der Waals surface area contributed by atoms with E-state index in [1.807, 2.05) is 29.2 Å². The Bertz CT molecular complexity index is 1390. The summed E-state index contributed by atoms with van der Waals surface area (Å²) in [5.41, 5.74) is 2.18. The summed E-state index contributed by atoms with van der Waals surface area (Å²) in [7, 11) is 0. The molecule has 0 atom stereocenters. The van der Waals surface area contributed by atoms with E-state index >= 15 is 0 Å². The molecule has 2 heterocycles. The molecule has 0 radical (unpaired) electrons. The summed E-state index contributed by atoms with van der Waals surface area (Å²) < 4.78 is 1.37. The van der Waals surface area contributed by atoms with Gasteiger partial charge in [0.25, 0.3) is 5.56 Å². The first kappa shape index (κ1) is 26.5. The van der Waals surface area contributed by atoms with Crippen molar-refractivity contribution in [2.45, 2.75) is 51.1 Å². The zero-order chi connectivity index (χ0) is 26.6. The number of halogens is 2. The number of urea groups is 1. The number of fused-ring (bicyclic) bond motifs is 1. The van der Waals surface area contributed by atoms with Crippen molar-refractivity contribution in [2.24, 2.45) is 0 Å².